The lowest BCUT2D eigenvalue weighted by Crippen LogP contribution is -2.28. The number of aromatic amines is 1. The SMILES string of the molecule is Nc1cc(C2(SO)CC2)nc(-c2ccc(NC(=O)NCc3ncc[nH]3)cc2)n1. The first-order valence-electron chi connectivity index (χ1n) is 8.69. The molecular formula is C18H19N7O2S. The van der Waals surface area contributed by atoms with Gasteiger partial charge in [-0.3, -0.25) is 0 Å². The Kier molecular flexibility index (Phi) is 4.88. The van der Waals surface area contributed by atoms with E-state index in [1.54, 1.807) is 30.6 Å². The molecule has 2 aromatic heterocycles. The van der Waals surface area contributed by atoms with Gasteiger partial charge in [-0.2, -0.15) is 0 Å². The van der Waals surface area contributed by atoms with Gasteiger partial charge in [-0.05, 0) is 37.1 Å². The molecule has 6 N–H and O–H groups in total. The van der Waals surface area contributed by atoms with Gasteiger partial charge in [0, 0.05) is 41.8 Å². The van der Waals surface area contributed by atoms with Crippen LogP contribution in [0.5, 0.6) is 0 Å². The number of hydrogen-bond acceptors (Lipinski definition) is 7. The molecular weight excluding hydrogens is 378 g/mol. The fourth-order valence-corrected chi connectivity index (χ4v) is 3.26. The van der Waals surface area contributed by atoms with Crippen LogP contribution in [0.4, 0.5) is 16.3 Å². The molecule has 0 aliphatic heterocycles. The first-order valence-corrected chi connectivity index (χ1v) is 9.46. The minimum atomic E-state index is -0.362. The number of carbonyl (C=O) groups is 1. The minimum absolute atomic E-state index is 0.307. The largest absolute Gasteiger partial charge is 0.384 e. The van der Waals surface area contributed by atoms with Crippen molar-refractivity contribution in [1.82, 2.24) is 25.3 Å². The predicted octanol–water partition coefficient (Wildman–Crippen LogP) is 2.97. The minimum Gasteiger partial charge on any atom is -0.384 e. The van der Waals surface area contributed by atoms with Crippen LogP contribution in [0.15, 0.2) is 42.7 Å². The summed E-state index contributed by atoms with van der Waals surface area (Å²) < 4.78 is 9.19. The van der Waals surface area contributed by atoms with E-state index in [1.807, 2.05) is 12.1 Å². The zero-order chi connectivity index (χ0) is 19.6. The van der Waals surface area contributed by atoms with Gasteiger partial charge in [0.1, 0.15) is 11.6 Å². The molecule has 1 fully saturated rings. The number of imidazole rings is 1. The van der Waals surface area contributed by atoms with Crippen LogP contribution in [-0.4, -0.2) is 30.5 Å². The maximum absolute atomic E-state index is 12.0. The third-order valence-electron chi connectivity index (χ3n) is 4.46. The standard InChI is InChI=1S/C18H19N7O2S/c19-14-9-13(18(28-27)5-6-18)24-16(25-14)11-1-3-12(4-2-11)23-17(26)22-10-15-20-7-8-21-15/h1-4,7-9,27H,5-6,10H2,(H,20,21)(H2,19,24,25)(H2,22,23,26). The van der Waals surface area contributed by atoms with Crippen LogP contribution in [-0.2, 0) is 11.3 Å². The Morgan fingerprint density at radius 3 is 2.71 bits per heavy atom. The van der Waals surface area contributed by atoms with E-state index in [2.05, 4.69) is 30.6 Å². The van der Waals surface area contributed by atoms with Crippen molar-refractivity contribution in [1.29, 1.82) is 0 Å². The molecule has 0 unspecified atom stereocenters. The summed E-state index contributed by atoms with van der Waals surface area (Å²) in [4.78, 5) is 27.8. The summed E-state index contributed by atoms with van der Waals surface area (Å²) in [6, 6.07) is 8.53. The third-order valence-corrected chi connectivity index (χ3v) is 5.43. The molecule has 10 heteroatoms. The summed E-state index contributed by atoms with van der Waals surface area (Å²) in [5.74, 6) is 1.53. The number of nitrogens with one attached hydrogen (secondary N) is 3. The molecule has 2 heterocycles. The summed E-state index contributed by atoms with van der Waals surface area (Å²) in [5, 5.41) is 5.47. The zero-order valence-electron chi connectivity index (χ0n) is 14.8. The molecule has 1 aliphatic carbocycles. The summed E-state index contributed by atoms with van der Waals surface area (Å²) in [5.41, 5.74) is 8.07. The second-order valence-corrected chi connectivity index (χ2v) is 7.47. The molecule has 0 radical (unpaired) electrons. The van der Waals surface area contributed by atoms with Crippen molar-refractivity contribution in [2.45, 2.75) is 24.1 Å². The van der Waals surface area contributed by atoms with E-state index in [0.29, 0.717) is 29.7 Å². The van der Waals surface area contributed by atoms with Gasteiger partial charge in [0.05, 0.1) is 17.0 Å². The zero-order valence-corrected chi connectivity index (χ0v) is 15.7. The molecule has 3 aromatic rings. The quantitative estimate of drug-likeness (QED) is 0.403. The van der Waals surface area contributed by atoms with Gasteiger partial charge in [0.25, 0.3) is 0 Å². The first-order chi connectivity index (χ1) is 13.6. The summed E-state index contributed by atoms with van der Waals surface area (Å²) in [6.07, 6.45) is 5.05. The Morgan fingerprint density at radius 1 is 1.29 bits per heavy atom. The van der Waals surface area contributed by atoms with E-state index in [0.717, 1.165) is 36.1 Å². The van der Waals surface area contributed by atoms with E-state index in [1.165, 1.54) is 0 Å². The number of rotatable bonds is 6. The van der Waals surface area contributed by atoms with Gasteiger partial charge in [-0.1, -0.05) is 0 Å². The Labute approximate surface area is 165 Å². The molecule has 4 rings (SSSR count). The van der Waals surface area contributed by atoms with E-state index in [9.17, 15) is 9.35 Å². The molecule has 0 bridgehead atoms. The highest BCUT2D eigenvalue weighted by Gasteiger charge is 2.47. The van der Waals surface area contributed by atoms with Crippen LogP contribution in [0.1, 0.15) is 24.4 Å². The maximum Gasteiger partial charge on any atom is 0.319 e. The molecule has 0 saturated heterocycles. The number of amides is 2. The Hall–Kier alpha value is -3.11. The van der Waals surface area contributed by atoms with Crippen molar-refractivity contribution >= 4 is 29.6 Å². The number of anilines is 2. The fraction of sp³-hybridized carbons (Fsp3) is 0.222. The summed E-state index contributed by atoms with van der Waals surface area (Å²) >= 11 is 0.810. The van der Waals surface area contributed by atoms with E-state index in [-0.39, 0.29) is 10.8 Å². The van der Waals surface area contributed by atoms with Crippen molar-refractivity contribution in [3.8, 4) is 11.4 Å². The topological polar surface area (TPSA) is 142 Å². The molecule has 2 amide bonds. The number of nitrogens with zero attached hydrogens (tertiary/aromatic N) is 3. The average Bonchev–Trinajstić information content (AvgIpc) is 3.33. The van der Waals surface area contributed by atoms with Crippen LogP contribution in [0.3, 0.4) is 0 Å². The number of carbonyl (C=O) groups excluding carboxylic acids is 1. The van der Waals surface area contributed by atoms with E-state index >= 15 is 0 Å². The summed E-state index contributed by atoms with van der Waals surface area (Å²) in [7, 11) is 0. The van der Waals surface area contributed by atoms with Crippen LogP contribution in [0.2, 0.25) is 0 Å². The van der Waals surface area contributed by atoms with Crippen molar-refractivity contribution in [3.63, 3.8) is 0 Å². The number of urea groups is 1. The smallest absolute Gasteiger partial charge is 0.319 e. The maximum atomic E-state index is 12.0. The predicted molar refractivity (Wildman–Crippen MR) is 107 cm³/mol. The van der Waals surface area contributed by atoms with Crippen molar-refractivity contribution < 1.29 is 9.35 Å². The molecule has 28 heavy (non-hydrogen) atoms. The third kappa shape index (κ3) is 3.92. The van der Waals surface area contributed by atoms with Gasteiger partial charge in [-0.15, -0.1) is 0 Å². The number of aromatic nitrogens is 4. The second kappa shape index (κ2) is 7.49. The number of benzene rings is 1. The van der Waals surface area contributed by atoms with Gasteiger partial charge in [0.15, 0.2) is 5.82 Å². The highest BCUT2D eigenvalue weighted by molar-refractivity contribution is 7.95. The Morgan fingerprint density at radius 2 is 2.07 bits per heavy atom. The molecule has 0 atom stereocenters. The van der Waals surface area contributed by atoms with Crippen LogP contribution < -0.4 is 16.4 Å². The second-order valence-electron chi connectivity index (χ2n) is 6.51. The average molecular weight is 397 g/mol. The molecule has 144 valence electrons. The number of H-pyrrole nitrogens is 1. The van der Waals surface area contributed by atoms with E-state index in [4.69, 9.17) is 5.73 Å². The highest BCUT2D eigenvalue weighted by atomic mass is 32.2. The lowest BCUT2D eigenvalue weighted by molar-refractivity contribution is 0.251. The number of hydrogen-bond donors (Lipinski definition) is 5. The monoisotopic (exact) mass is 397 g/mol. The van der Waals surface area contributed by atoms with Crippen LogP contribution in [0, 0.1) is 0 Å². The normalized spacial score (nSPS) is 14.5. The number of nitrogens with two attached hydrogens (primary N) is 1. The first kappa shape index (κ1) is 18.3. The van der Waals surface area contributed by atoms with Crippen LogP contribution in [0.25, 0.3) is 11.4 Å². The van der Waals surface area contributed by atoms with E-state index < -0.39 is 0 Å². The van der Waals surface area contributed by atoms with Gasteiger partial charge >= 0.3 is 6.03 Å². The van der Waals surface area contributed by atoms with Gasteiger partial charge < -0.3 is 25.9 Å². The van der Waals surface area contributed by atoms with Crippen molar-refractivity contribution in [2.24, 2.45) is 0 Å². The van der Waals surface area contributed by atoms with Crippen molar-refractivity contribution in [2.75, 3.05) is 11.1 Å². The number of nitrogen functional groups attached to an aromatic ring is 1. The fourth-order valence-electron chi connectivity index (χ4n) is 2.77. The Balaban J connectivity index is 1.44. The molecule has 1 aromatic carbocycles. The summed E-state index contributed by atoms with van der Waals surface area (Å²) in [6.45, 7) is 0.307. The molecule has 9 nitrogen and oxygen atoms in total. The lowest BCUT2D eigenvalue weighted by atomic mass is 10.1. The molecule has 1 saturated carbocycles. The Bertz CT molecular complexity index is 972. The lowest BCUT2D eigenvalue weighted by Gasteiger charge is -2.12. The van der Waals surface area contributed by atoms with Crippen molar-refractivity contribution in [3.05, 3.63) is 54.2 Å². The molecule has 0 spiro atoms. The van der Waals surface area contributed by atoms with Crippen LogP contribution >= 0.6 is 12.0 Å². The highest BCUT2D eigenvalue weighted by Crippen LogP contribution is 2.55. The molecule has 1 aliphatic rings. The van der Waals surface area contributed by atoms with Gasteiger partial charge in [0.2, 0.25) is 0 Å². The van der Waals surface area contributed by atoms with Gasteiger partial charge in [-0.25, -0.2) is 19.7 Å².